The van der Waals surface area contributed by atoms with Gasteiger partial charge in [-0.1, -0.05) is 62.3 Å². The second-order valence-electron chi connectivity index (χ2n) is 6.94. The average Bonchev–Trinajstić information content (AvgIpc) is 2.29. The van der Waals surface area contributed by atoms with Crippen LogP contribution in [0.25, 0.3) is 0 Å². The highest BCUT2D eigenvalue weighted by atomic mass is 15.3. The molecule has 0 radical (unpaired) electrons. The van der Waals surface area contributed by atoms with Crippen LogP contribution in [-0.2, 0) is 0 Å². The van der Waals surface area contributed by atoms with E-state index in [0.717, 1.165) is 24.4 Å². The van der Waals surface area contributed by atoms with Gasteiger partial charge in [0.25, 0.3) is 0 Å². The third kappa shape index (κ3) is 14.3. The number of hydrogen-bond donors (Lipinski definition) is 0. The van der Waals surface area contributed by atoms with Gasteiger partial charge in [-0.25, -0.2) is 0 Å². The zero-order chi connectivity index (χ0) is 16.1. The number of rotatable bonds is 10. The quantitative estimate of drug-likeness (QED) is 0.524. The van der Waals surface area contributed by atoms with Crippen molar-refractivity contribution in [1.29, 1.82) is 0 Å². The summed E-state index contributed by atoms with van der Waals surface area (Å²) in [6.45, 7) is 26.2. The van der Waals surface area contributed by atoms with Crippen LogP contribution in [0.5, 0.6) is 0 Å². The second-order valence-corrected chi connectivity index (χ2v) is 6.94. The molecule has 20 heavy (non-hydrogen) atoms. The summed E-state index contributed by atoms with van der Waals surface area (Å²) >= 11 is 0. The Bertz CT molecular complexity index is 178. The molecule has 0 aliphatic carbocycles. The molecule has 2 heteroatoms. The maximum Gasteiger partial charge on any atom is 0.0506 e. The van der Waals surface area contributed by atoms with Crippen LogP contribution in [0.3, 0.4) is 0 Å². The van der Waals surface area contributed by atoms with Crippen LogP contribution in [0.15, 0.2) is 0 Å². The van der Waals surface area contributed by atoms with Crippen molar-refractivity contribution in [3.63, 3.8) is 0 Å². The largest absolute Gasteiger partial charge is 0.290 e. The number of hydrogen-bond acceptors (Lipinski definition) is 2. The van der Waals surface area contributed by atoms with Crippen molar-refractivity contribution in [1.82, 2.24) is 9.80 Å². The van der Waals surface area contributed by atoms with Crippen LogP contribution in [0.2, 0.25) is 0 Å². The van der Waals surface area contributed by atoms with Crippen molar-refractivity contribution in [3.05, 3.63) is 0 Å². The summed E-state index contributed by atoms with van der Waals surface area (Å²) in [5, 5.41) is 0. The van der Waals surface area contributed by atoms with E-state index >= 15 is 0 Å². The highest BCUT2D eigenvalue weighted by Crippen LogP contribution is 2.07. The molecule has 0 aliphatic heterocycles. The minimum Gasteiger partial charge on any atom is -0.290 e. The van der Waals surface area contributed by atoms with Gasteiger partial charge in [0.2, 0.25) is 0 Å². The van der Waals surface area contributed by atoms with Gasteiger partial charge in [0, 0.05) is 19.6 Å². The zero-order valence-corrected chi connectivity index (χ0v) is 15.9. The molecule has 0 heterocycles. The van der Waals surface area contributed by atoms with Gasteiger partial charge < -0.3 is 0 Å². The first-order chi connectivity index (χ1) is 9.35. The molecule has 0 amide bonds. The van der Waals surface area contributed by atoms with Crippen LogP contribution in [0.4, 0.5) is 0 Å². The predicted octanol–water partition coefficient (Wildman–Crippen LogP) is 4.95. The molecule has 0 aliphatic rings. The summed E-state index contributed by atoms with van der Waals surface area (Å²) in [5.74, 6) is 2.27. The van der Waals surface area contributed by atoms with E-state index in [-0.39, 0.29) is 0 Å². The highest BCUT2D eigenvalue weighted by molar-refractivity contribution is 4.66. The van der Waals surface area contributed by atoms with Gasteiger partial charge in [0.05, 0.1) is 6.67 Å². The maximum absolute atomic E-state index is 2.63. The summed E-state index contributed by atoms with van der Waals surface area (Å²) in [6, 6.07) is 0. The minimum absolute atomic E-state index is 0.756. The predicted molar refractivity (Wildman–Crippen MR) is 94.2 cm³/mol. The Hall–Kier alpha value is -0.0800. The Labute approximate surface area is 129 Å². The maximum atomic E-state index is 2.63. The molecule has 0 saturated carbocycles. The first-order valence-corrected chi connectivity index (χ1v) is 8.79. The van der Waals surface area contributed by atoms with E-state index in [1.165, 1.54) is 32.6 Å². The molecule has 124 valence electrons. The van der Waals surface area contributed by atoms with Gasteiger partial charge in [0.15, 0.2) is 0 Å². The topological polar surface area (TPSA) is 6.48 Å². The molecule has 0 aromatic rings. The summed E-state index contributed by atoms with van der Waals surface area (Å²) in [4.78, 5) is 5.25. The zero-order valence-electron chi connectivity index (χ0n) is 15.9. The van der Waals surface area contributed by atoms with E-state index in [0.29, 0.717) is 0 Å². The van der Waals surface area contributed by atoms with Crippen molar-refractivity contribution in [2.75, 3.05) is 32.8 Å². The van der Waals surface area contributed by atoms with E-state index in [4.69, 9.17) is 0 Å². The van der Waals surface area contributed by atoms with Gasteiger partial charge in [-0.15, -0.1) is 0 Å². The Balaban J connectivity index is 0. The first kappa shape index (κ1) is 22.2. The Morgan fingerprint density at radius 3 is 1.30 bits per heavy atom. The molecule has 0 aromatic heterocycles. The highest BCUT2D eigenvalue weighted by Gasteiger charge is 2.14. The van der Waals surface area contributed by atoms with Crippen molar-refractivity contribution in [2.45, 2.75) is 68.7 Å². The van der Waals surface area contributed by atoms with Crippen LogP contribution in [0.1, 0.15) is 68.7 Å². The molecule has 0 saturated heterocycles. The Morgan fingerprint density at radius 1 is 0.650 bits per heavy atom. The molecule has 0 N–H and O–H groups in total. The summed E-state index contributed by atoms with van der Waals surface area (Å²) in [5.41, 5.74) is 0. The summed E-state index contributed by atoms with van der Waals surface area (Å²) in [6.07, 6.45) is 1.25. The summed E-state index contributed by atoms with van der Waals surface area (Å²) in [7, 11) is 0. The minimum atomic E-state index is 0.756. The Kier molecular flexibility index (Phi) is 15.4. The molecular formula is C18H42N2. The smallest absolute Gasteiger partial charge is 0.0506 e. The summed E-state index contributed by atoms with van der Waals surface area (Å²) < 4.78 is 0. The lowest BCUT2D eigenvalue weighted by atomic mass is 10.1. The van der Waals surface area contributed by atoms with Gasteiger partial charge in [-0.05, 0) is 30.7 Å². The third-order valence-electron chi connectivity index (χ3n) is 2.81. The van der Waals surface area contributed by atoms with E-state index in [1.807, 2.05) is 13.8 Å². The lowest BCUT2D eigenvalue weighted by Crippen LogP contribution is -2.43. The molecule has 0 fully saturated rings. The van der Waals surface area contributed by atoms with Crippen molar-refractivity contribution in [2.24, 2.45) is 17.8 Å². The van der Waals surface area contributed by atoms with Crippen LogP contribution >= 0.6 is 0 Å². The van der Waals surface area contributed by atoms with Crippen molar-refractivity contribution >= 4 is 0 Å². The standard InChI is InChI=1S/C16H36N2.C2H6/c1-8-9-17(10-14(2)3)13-18(11-15(4)5)12-16(6)7;1-2/h14-16H,8-13H2,1-7H3;1-2H3. The normalized spacial score (nSPS) is 11.7. The Morgan fingerprint density at radius 2 is 1.00 bits per heavy atom. The molecular weight excluding hydrogens is 244 g/mol. The molecule has 0 unspecified atom stereocenters. The van der Waals surface area contributed by atoms with E-state index < -0.39 is 0 Å². The average molecular weight is 287 g/mol. The fourth-order valence-electron chi connectivity index (χ4n) is 2.56. The van der Waals surface area contributed by atoms with Crippen LogP contribution in [-0.4, -0.2) is 42.6 Å². The second kappa shape index (κ2) is 13.9. The number of nitrogens with zero attached hydrogens (tertiary/aromatic N) is 2. The monoisotopic (exact) mass is 286 g/mol. The van der Waals surface area contributed by atoms with Crippen molar-refractivity contribution < 1.29 is 0 Å². The van der Waals surface area contributed by atoms with E-state index in [9.17, 15) is 0 Å². The molecule has 0 aromatic carbocycles. The van der Waals surface area contributed by atoms with Gasteiger partial charge in [-0.2, -0.15) is 0 Å². The molecule has 0 spiro atoms. The van der Waals surface area contributed by atoms with Gasteiger partial charge >= 0.3 is 0 Å². The van der Waals surface area contributed by atoms with Crippen LogP contribution < -0.4 is 0 Å². The SMILES string of the molecule is CC.CCCN(CC(C)C)CN(CC(C)C)CC(C)C. The fraction of sp³-hybridized carbons (Fsp3) is 1.00. The van der Waals surface area contributed by atoms with Crippen LogP contribution in [0, 0.1) is 17.8 Å². The van der Waals surface area contributed by atoms with E-state index in [2.05, 4.69) is 58.3 Å². The van der Waals surface area contributed by atoms with E-state index in [1.54, 1.807) is 0 Å². The lowest BCUT2D eigenvalue weighted by Gasteiger charge is -2.33. The molecule has 0 atom stereocenters. The van der Waals surface area contributed by atoms with Gasteiger partial charge in [-0.3, -0.25) is 9.80 Å². The van der Waals surface area contributed by atoms with Gasteiger partial charge in [0.1, 0.15) is 0 Å². The molecule has 0 rings (SSSR count). The first-order valence-electron chi connectivity index (χ1n) is 8.79. The van der Waals surface area contributed by atoms with Crippen molar-refractivity contribution in [3.8, 4) is 0 Å². The lowest BCUT2D eigenvalue weighted by molar-refractivity contribution is 0.0997. The fourth-order valence-corrected chi connectivity index (χ4v) is 2.56. The third-order valence-corrected chi connectivity index (χ3v) is 2.81. The molecule has 2 nitrogen and oxygen atoms in total. The molecule has 0 bridgehead atoms.